The van der Waals surface area contributed by atoms with Crippen LogP contribution in [0.4, 0.5) is 0 Å². The summed E-state index contributed by atoms with van der Waals surface area (Å²) in [6, 6.07) is 18.5. The molecule has 0 aliphatic carbocycles. The van der Waals surface area contributed by atoms with Crippen LogP contribution in [0.3, 0.4) is 0 Å². The summed E-state index contributed by atoms with van der Waals surface area (Å²) in [5.41, 5.74) is 3.79. The molecular weight excluding hydrogens is 272 g/mol. The van der Waals surface area contributed by atoms with Crippen molar-refractivity contribution in [3.05, 3.63) is 71.3 Å². The molecule has 0 aliphatic heterocycles. The number of benzene rings is 2. The van der Waals surface area contributed by atoms with Crippen LogP contribution in [0.2, 0.25) is 0 Å². The third-order valence-electron chi connectivity index (χ3n) is 3.69. The molecule has 0 spiro atoms. The van der Waals surface area contributed by atoms with E-state index < -0.39 is 0 Å². The zero-order chi connectivity index (χ0) is 15.8. The Morgan fingerprint density at radius 3 is 2.45 bits per heavy atom. The van der Waals surface area contributed by atoms with E-state index in [1.807, 2.05) is 42.3 Å². The van der Waals surface area contributed by atoms with Gasteiger partial charge in [-0.3, -0.25) is 9.69 Å². The van der Waals surface area contributed by atoms with Crippen molar-refractivity contribution in [2.75, 3.05) is 20.1 Å². The molecule has 2 aromatic rings. The second kappa shape index (κ2) is 8.35. The molecule has 22 heavy (non-hydrogen) atoms. The molecule has 0 radical (unpaired) electrons. The van der Waals surface area contributed by atoms with Crippen LogP contribution in [-0.2, 0) is 17.8 Å². The standard InChI is InChI=1S/C19H24N2O/c1-16-8-6-7-11-18(16)12-13-20-19(22)15-21(2)14-17-9-4-3-5-10-17/h3-11H,12-15H2,1-2H3,(H,20,22). The van der Waals surface area contributed by atoms with Gasteiger partial charge >= 0.3 is 0 Å². The van der Waals surface area contributed by atoms with Crippen LogP contribution in [0.5, 0.6) is 0 Å². The number of nitrogens with one attached hydrogen (secondary N) is 1. The molecule has 0 saturated heterocycles. The summed E-state index contributed by atoms with van der Waals surface area (Å²) in [4.78, 5) is 14.0. The van der Waals surface area contributed by atoms with E-state index in [0.717, 1.165) is 13.0 Å². The number of amides is 1. The molecule has 2 rings (SSSR count). The highest BCUT2D eigenvalue weighted by Crippen LogP contribution is 2.07. The number of rotatable bonds is 7. The zero-order valence-electron chi connectivity index (χ0n) is 13.4. The summed E-state index contributed by atoms with van der Waals surface area (Å²) < 4.78 is 0. The van der Waals surface area contributed by atoms with Crippen LogP contribution in [-0.4, -0.2) is 30.9 Å². The molecule has 3 heteroatoms. The Labute approximate surface area is 133 Å². The van der Waals surface area contributed by atoms with Crippen molar-refractivity contribution in [2.45, 2.75) is 19.9 Å². The molecule has 0 unspecified atom stereocenters. The Kier molecular flexibility index (Phi) is 6.16. The second-order valence-corrected chi connectivity index (χ2v) is 5.68. The second-order valence-electron chi connectivity index (χ2n) is 5.68. The largest absolute Gasteiger partial charge is 0.355 e. The van der Waals surface area contributed by atoms with Crippen molar-refractivity contribution in [2.24, 2.45) is 0 Å². The van der Waals surface area contributed by atoms with Crippen molar-refractivity contribution < 1.29 is 4.79 Å². The minimum Gasteiger partial charge on any atom is -0.355 e. The number of carbonyl (C=O) groups excluding carboxylic acids is 1. The van der Waals surface area contributed by atoms with Gasteiger partial charge in [-0.05, 0) is 37.1 Å². The van der Waals surface area contributed by atoms with Crippen LogP contribution >= 0.6 is 0 Å². The first kappa shape index (κ1) is 16.2. The van der Waals surface area contributed by atoms with Gasteiger partial charge in [-0.25, -0.2) is 0 Å². The van der Waals surface area contributed by atoms with E-state index in [4.69, 9.17) is 0 Å². The van der Waals surface area contributed by atoms with Gasteiger partial charge in [-0.15, -0.1) is 0 Å². The fourth-order valence-electron chi connectivity index (χ4n) is 2.48. The predicted octanol–water partition coefficient (Wildman–Crippen LogP) is 2.79. The third kappa shape index (κ3) is 5.34. The first-order valence-electron chi connectivity index (χ1n) is 7.69. The highest BCUT2D eigenvalue weighted by Gasteiger charge is 2.07. The summed E-state index contributed by atoms with van der Waals surface area (Å²) in [5.74, 6) is 0.0759. The SMILES string of the molecule is Cc1ccccc1CCNC(=O)CN(C)Cc1ccccc1. The first-order chi connectivity index (χ1) is 10.6. The van der Waals surface area contributed by atoms with Gasteiger partial charge in [-0.2, -0.15) is 0 Å². The van der Waals surface area contributed by atoms with E-state index in [-0.39, 0.29) is 5.91 Å². The molecule has 1 amide bonds. The van der Waals surface area contributed by atoms with E-state index in [1.54, 1.807) is 0 Å². The summed E-state index contributed by atoms with van der Waals surface area (Å²) in [6.07, 6.45) is 0.876. The van der Waals surface area contributed by atoms with Crippen LogP contribution in [0, 0.1) is 6.92 Å². The number of nitrogens with zero attached hydrogens (tertiary/aromatic N) is 1. The van der Waals surface area contributed by atoms with Gasteiger partial charge < -0.3 is 5.32 Å². The molecule has 116 valence electrons. The van der Waals surface area contributed by atoms with Crippen molar-refractivity contribution in [3.63, 3.8) is 0 Å². The highest BCUT2D eigenvalue weighted by atomic mass is 16.2. The number of carbonyl (C=O) groups is 1. The fraction of sp³-hybridized carbons (Fsp3) is 0.316. The monoisotopic (exact) mass is 296 g/mol. The Balaban J connectivity index is 1.70. The van der Waals surface area contributed by atoms with Gasteiger partial charge in [0.1, 0.15) is 0 Å². The lowest BCUT2D eigenvalue weighted by molar-refractivity contribution is -0.122. The third-order valence-corrected chi connectivity index (χ3v) is 3.69. The van der Waals surface area contributed by atoms with Gasteiger partial charge in [0.05, 0.1) is 6.54 Å². The molecule has 3 nitrogen and oxygen atoms in total. The lowest BCUT2D eigenvalue weighted by atomic mass is 10.1. The molecule has 0 heterocycles. The Hall–Kier alpha value is -2.13. The Morgan fingerprint density at radius 2 is 1.73 bits per heavy atom. The predicted molar refractivity (Wildman–Crippen MR) is 90.7 cm³/mol. The van der Waals surface area contributed by atoms with Crippen molar-refractivity contribution >= 4 is 5.91 Å². The number of likely N-dealkylation sites (N-methyl/N-ethyl adjacent to an activating group) is 1. The number of aryl methyl sites for hydroxylation is 1. The van der Waals surface area contributed by atoms with E-state index in [9.17, 15) is 4.79 Å². The molecule has 0 aliphatic rings. The normalized spacial score (nSPS) is 10.7. The first-order valence-corrected chi connectivity index (χ1v) is 7.69. The van der Waals surface area contributed by atoms with Crippen molar-refractivity contribution in [3.8, 4) is 0 Å². The maximum atomic E-state index is 12.0. The van der Waals surface area contributed by atoms with Crippen LogP contribution in [0.25, 0.3) is 0 Å². The summed E-state index contributed by atoms with van der Waals surface area (Å²) in [5, 5.41) is 2.99. The van der Waals surface area contributed by atoms with Gasteiger partial charge in [0.15, 0.2) is 0 Å². The maximum Gasteiger partial charge on any atom is 0.234 e. The minimum atomic E-state index is 0.0759. The minimum absolute atomic E-state index is 0.0759. The quantitative estimate of drug-likeness (QED) is 0.852. The summed E-state index contributed by atoms with van der Waals surface area (Å²) in [6.45, 7) is 3.99. The molecule has 2 aromatic carbocycles. The van der Waals surface area contributed by atoms with Gasteiger partial charge in [0, 0.05) is 13.1 Å². The zero-order valence-corrected chi connectivity index (χ0v) is 13.4. The molecule has 0 saturated carbocycles. The van der Waals surface area contributed by atoms with Crippen molar-refractivity contribution in [1.29, 1.82) is 0 Å². The van der Waals surface area contributed by atoms with Crippen LogP contribution in [0.15, 0.2) is 54.6 Å². The topological polar surface area (TPSA) is 32.3 Å². The molecular formula is C19H24N2O. The molecule has 1 N–H and O–H groups in total. The lowest BCUT2D eigenvalue weighted by Crippen LogP contribution is -2.35. The lowest BCUT2D eigenvalue weighted by Gasteiger charge is -2.16. The van der Waals surface area contributed by atoms with E-state index in [0.29, 0.717) is 13.1 Å². The van der Waals surface area contributed by atoms with Crippen molar-refractivity contribution in [1.82, 2.24) is 10.2 Å². The fourth-order valence-corrected chi connectivity index (χ4v) is 2.48. The molecule has 0 aromatic heterocycles. The summed E-state index contributed by atoms with van der Waals surface area (Å²) in [7, 11) is 1.97. The van der Waals surface area contributed by atoms with Crippen LogP contribution < -0.4 is 5.32 Å². The van der Waals surface area contributed by atoms with E-state index in [1.165, 1.54) is 16.7 Å². The average Bonchev–Trinajstić information content (AvgIpc) is 2.50. The maximum absolute atomic E-state index is 12.0. The summed E-state index contributed by atoms with van der Waals surface area (Å²) >= 11 is 0. The van der Waals surface area contributed by atoms with E-state index in [2.05, 4.69) is 36.5 Å². The average molecular weight is 296 g/mol. The number of hydrogen-bond acceptors (Lipinski definition) is 2. The van der Waals surface area contributed by atoms with Gasteiger partial charge in [0.2, 0.25) is 5.91 Å². The smallest absolute Gasteiger partial charge is 0.234 e. The van der Waals surface area contributed by atoms with Crippen LogP contribution in [0.1, 0.15) is 16.7 Å². The van der Waals surface area contributed by atoms with Gasteiger partial charge in [0.25, 0.3) is 0 Å². The Bertz CT molecular complexity index is 595. The Morgan fingerprint density at radius 1 is 1.05 bits per heavy atom. The highest BCUT2D eigenvalue weighted by molar-refractivity contribution is 5.77. The molecule has 0 bridgehead atoms. The number of hydrogen-bond donors (Lipinski definition) is 1. The molecule has 0 atom stereocenters. The van der Waals surface area contributed by atoms with E-state index >= 15 is 0 Å². The molecule has 0 fully saturated rings. The van der Waals surface area contributed by atoms with Gasteiger partial charge in [-0.1, -0.05) is 54.6 Å².